The summed E-state index contributed by atoms with van der Waals surface area (Å²) < 4.78 is 18.8. The van der Waals surface area contributed by atoms with Crippen molar-refractivity contribution >= 4 is 17.8 Å². The van der Waals surface area contributed by atoms with Crippen molar-refractivity contribution in [3.05, 3.63) is 64.4 Å². The summed E-state index contributed by atoms with van der Waals surface area (Å²) in [6.45, 7) is 0.482. The van der Waals surface area contributed by atoms with E-state index in [9.17, 15) is 4.39 Å². The van der Waals surface area contributed by atoms with Crippen LogP contribution in [0.1, 0.15) is 11.1 Å². The number of halogens is 2. The molecule has 19 heavy (non-hydrogen) atoms. The Labute approximate surface area is 116 Å². The van der Waals surface area contributed by atoms with Crippen molar-refractivity contribution in [1.29, 1.82) is 0 Å². The zero-order valence-electron chi connectivity index (χ0n) is 10.4. The highest BCUT2D eigenvalue weighted by Crippen LogP contribution is 2.29. The first-order valence-electron chi connectivity index (χ1n) is 5.78. The van der Waals surface area contributed by atoms with E-state index in [1.165, 1.54) is 25.5 Å². The lowest BCUT2D eigenvalue weighted by Gasteiger charge is -2.07. The Hall–Kier alpha value is -1.87. The minimum atomic E-state index is -0.405. The van der Waals surface area contributed by atoms with Crippen molar-refractivity contribution < 1.29 is 9.13 Å². The van der Waals surface area contributed by atoms with E-state index in [0.29, 0.717) is 17.3 Å². The number of methoxy groups -OCH3 is 1. The van der Waals surface area contributed by atoms with Crippen LogP contribution in [-0.2, 0) is 6.54 Å². The molecule has 4 heteroatoms. The van der Waals surface area contributed by atoms with Gasteiger partial charge in [0, 0.05) is 6.21 Å². The molecular weight excluding hydrogens is 265 g/mol. The second-order valence-electron chi connectivity index (χ2n) is 3.93. The third-order valence-electron chi connectivity index (χ3n) is 2.64. The summed E-state index contributed by atoms with van der Waals surface area (Å²) in [5, 5.41) is 0.366. The maximum atomic E-state index is 13.7. The fourth-order valence-electron chi connectivity index (χ4n) is 1.70. The van der Waals surface area contributed by atoms with Crippen LogP contribution in [0.4, 0.5) is 4.39 Å². The quantitative estimate of drug-likeness (QED) is 0.771. The van der Waals surface area contributed by atoms with Crippen LogP contribution in [0.2, 0.25) is 5.02 Å². The zero-order chi connectivity index (χ0) is 13.7. The molecule has 0 bridgehead atoms. The van der Waals surface area contributed by atoms with Crippen molar-refractivity contribution in [1.82, 2.24) is 0 Å². The Balaban J connectivity index is 2.21. The highest BCUT2D eigenvalue weighted by molar-refractivity contribution is 6.32. The SMILES string of the molecule is COc1c(Cl)ccc(F)c1C=NCc1ccccc1. The summed E-state index contributed by atoms with van der Waals surface area (Å²) in [7, 11) is 1.45. The fourth-order valence-corrected chi connectivity index (χ4v) is 1.94. The van der Waals surface area contributed by atoms with E-state index < -0.39 is 5.82 Å². The molecule has 0 N–H and O–H groups in total. The summed E-state index contributed by atoms with van der Waals surface area (Å²) in [6.07, 6.45) is 1.45. The van der Waals surface area contributed by atoms with Crippen LogP contribution < -0.4 is 4.74 Å². The highest BCUT2D eigenvalue weighted by atomic mass is 35.5. The van der Waals surface area contributed by atoms with Crippen LogP contribution in [0.3, 0.4) is 0 Å². The number of hydrogen-bond donors (Lipinski definition) is 0. The number of benzene rings is 2. The standard InChI is InChI=1S/C15H13ClFNO/c1-19-15-12(14(17)8-7-13(15)16)10-18-9-11-5-3-2-4-6-11/h2-8,10H,9H2,1H3. The maximum Gasteiger partial charge on any atom is 0.149 e. The van der Waals surface area contributed by atoms with Crippen LogP contribution in [0.5, 0.6) is 5.75 Å². The molecule has 0 heterocycles. The third kappa shape index (κ3) is 3.32. The van der Waals surface area contributed by atoms with Gasteiger partial charge in [-0.15, -0.1) is 0 Å². The smallest absolute Gasteiger partial charge is 0.149 e. The molecule has 0 saturated carbocycles. The van der Waals surface area contributed by atoms with Crippen molar-refractivity contribution in [2.24, 2.45) is 4.99 Å². The fraction of sp³-hybridized carbons (Fsp3) is 0.133. The number of hydrogen-bond acceptors (Lipinski definition) is 2. The van der Waals surface area contributed by atoms with Crippen molar-refractivity contribution in [3.63, 3.8) is 0 Å². The predicted molar refractivity (Wildman–Crippen MR) is 75.7 cm³/mol. The van der Waals surface area contributed by atoms with Crippen molar-refractivity contribution in [3.8, 4) is 5.75 Å². The minimum Gasteiger partial charge on any atom is -0.494 e. The molecule has 0 radical (unpaired) electrons. The molecule has 2 nitrogen and oxygen atoms in total. The van der Waals surface area contributed by atoms with Crippen LogP contribution in [0, 0.1) is 5.82 Å². The normalized spacial score (nSPS) is 10.9. The molecule has 0 amide bonds. The van der Waals surface area contributed by atoms with Gasteiger partial charge in [0.05, 0.1) is 24.2 Å². The summed E-state index contributed by atoms with van der Waals surface area (Å²) in [5.41, 5.74) is 1.33. The monoisotopic (exact) mass is 277 g/mol. The maximum absolute atomic E-state index is 13.7. The zero-order valence-corrected chi connectivity index (χ0v) is 11.2. The number of ether oxygens (including phenoxy) is 1. The van der Waals surface area contributed by atoms with Gasteiger partial charge in [0.2, 0.25) is 0 Å². The Morgan fingerprint density at radius 3 is 2.63 bits per heavy atom. The van der Waals surface area contributed by atoms with Gasteiger partial charge in [0.25, 0.3) is 0 Å². The second-order valence-corrected chi connectivity index (χ2v) is 4.34. The molecule has 0 saturated heterocycles. The van der Waals surface area contributed by atoms with E-state index in [0.717, 1.165) is 5.56 Å². The highest BCUT2D eigenvalue weighted by Gasteiger charge is 2.11. The molecule has 0 aliphatic rings. The molecule has 0 unspecified atom stereocenters. The van der Waals surface area contributed by atoms with Gasteiger partial charge in [-0.3, -0.25) is 4.99 Å². The predicted octanol–water partition coefficient (Wildman–Crippen LogP) is 4.11. The van der Waals surface area contributed by atoms with E-state index in [4.69, 9.17) is 16.3 Å². The molecule has 98 valence electrons. The first kappa shape index (κ1) is 13.6. The number of nitrogens with zero attached hydrogens (tertiary/aromatic N) is 1. The van der Waals surface area contributed by atoms with Gasteiger partial charge < -0.3 is 4.74 Å². The molecule has 2 rings (SSSR count). The van der Waals surface area contributed by atoms with Gasteiger partial charge in [0.15, 0.2) is 0 Å². The Kier molecular flexibility index (Phi) is 4.53. The average molecular weight is 278 g/mol. The van der Waals surface area contributed by atoms with Crippen LogP contribution in [-0.4, -0.2) is 13.3 Å². The van der Waals surface area contributed by atoms with Crippen LogP contribution >= 0.6 is 11.6 Å². The number of aliphatic imine (C=N–C) groups is 1. The van der Waals surface area contributed by atoms with E-state index >= 15 is 0 Å². The molecule has 0 aliphatic heterocycles. The molecule has 0 spiro atoms. The van der Waals surface area contributed by atoms with Gasteiger partial charge in [-0.2, -0.15) is 0 Å². The largest absolute Gasteiger partial charge is 0.494 e. The topological polar surface area (TPSA) is 21.6 Å². The van der Waals surface area contributed by atoms with Gasteiger partial charge >= 0.3 is 0 Å². The second kappa shape index (κ2) is 6.34. The van der Waals surface area contributed by atoms with Crippen LogP contribution in [0.15, 0.2) is 47.5 Å². The molecule has 2 aromatic rings. The Morgan fingerprint density at radius 1 is 1.21 bits per heavy atom. The molecule has 2 aromatic carbocycles. The number of rotatable bonds is 4. The van der Waals surface area contributed by atoms with Gasteiger partial charge in [-0.1, -0.05) is 41.9 Å². The van der Waals surface area contributed by atoms with E-state index in [1.54, 1.807) is 0 Å². The van der Waals surface area contributed by atoms with E-state index in [1.807, 2.05) is 30.3 Å². The van der Waals surface area contributed by atoms with Crippen LogP contribution in [0.25, 0.3) is 0 Å². The summed E-state index contributed by atoms with van der Waals surface area (Å²) >= 11 is 5.94. The van der Waals surface area contributed by atoms with E-state index in [-0.39, 0.29) is 5.56 Å². The molecule has 0 aliphatic carbocycles. The van der Waals surface area contributed by atoms with Crippen molar-refractivity contribution in [2.75, 3.05) is 7.11 Å². The Morgan fingerprint density at radius 2 is 1.95 bits per heavy atom. The molecular formula is C15H13ClFNO. The lowest BCUT2D eigenvalue weighted by molar-refractivity contribution is 0.410. The summed E-state index contributed by atoms with van der Waals surface area (Å²) in [5.74, 6) is -0.100. The van der Waals surface area contributed by atoms with E-state index in [2.05, 4.69) is 4.99 Å². The lowest BCUT2D eigenvalue weighted by Crippen LogP contribution is -1.96. The van der Waals surface area contributed by atoms with Crippen molar-refractivity contribution in [2.45, 2.75) is 6.54 Å². The lowest BCUT2D eigenvalue weighted by atomic mass is 10.2. The molecule has 0 aromatic heterocycles. The van der Waals surface area contributed by atoms with Gasteiger partial charge in [0.1, 0.15) is 11.6 Å². The third-order valence-corrected chi connectivity index (χ3v) is 2.93. The molecule has 0 fully saturated rings. The first-order valence-corrected chi connectivity index (χ1v) is 6.16. The Bertz CT molecular complexity index is 584. The molecule has 0 atom stereocenters. The minimum absolute atomic E-state index is 0.269. The van der Waals surface area contributed by atoms with Gasteiger partial charge in [-0.05, 0) is 17.7 Å². The first-order chi connectivity index (χ1) is 9.22. The summed E-state index contributed by atoms with van der Waals surface area (Å²) in [6, 6.07) is 12.5. The average Bonchev–Trinajstić information content (AvgIpc) is 2.44. The summed E-state index contributed by atoms with van der Waals surface area (Å²) in [4.78, 5) is 4.22. The van der Waals surface area contributed by atoms with Gasteiger partial charge in [-0.25, -0.2) is 4.39 Å².